The van der Waals surface area contributed by atoms with Crippen molar-refractivity contribution in [2.45, 2.75) is 53.2 Å². The van der Waals surface area contributed by atoms with Crippen LogP contribution >= 0.6 is 0 Å². The number of aromatic nitrogens is 2. The van der Waals surface area contributed by atoms with Gasteiger partial charge in [-0.15, -0.1) is 0 Å². The number of hydrogen-bond donors (Lipinski definition) is 0. The lowest BCUT2D eigenvalue weighted by atomic mass is 9.81. The first-order valence-electron chi connectivity index (χ1n) is 16.3. The number of para-hydroxylation sites is 1. The Hall–Kier alpha value is -4.24. The molecule has 0 aliphatic carbocycles. The smallest absolute Gasteiger partial charge is 0.227 e. The monoisotopic (exact) mass is 516 g/mol. The molecule has 3 nitrogen and oxygen atoms in total. The van der Waals surface area contributed by atoms with Gasteiger partial charge in [-0.2, -0.15) is 0 Å². The van der Waals surface area contributed by atoms with Gasteiger partial charge in [0.2, 0.25) is 5.71 Å². The lowest BCUT2D eigenvalue weighted by Crippen LogP contribution is -2.03. The van der Waals surface area contributed by atoms with Crippen molar-refractivity contribution in [1.29, 1.82) is 0 Å². The second-order valence-corrected chi connectivity index (χ2v) is 10.7. The molecule has 0 atom stereocenters. The Morgan fingerprint density at radius 3 is 2.18 bits per heavy atom. The Kier molecular flexibility index (Phi) is 4.76. The second kappa shape index (κ2) is 9.81. The fourth-order valence-corrected chi connectivity index (χ4v) is 5.40. The van der Waals surface area contributed by atoms with Gasteiger partial charge < -0.3 is 4.42 Å². The van der Waals surface area contributed by atoms with Crippen molar-refractivity contribution in [2.24, 2.45) is 0 Å². The lowest BCUT2D eigenvalue weighted by molar-refractivity contribution is 0.653. The average Bonchev–Trinajstić information content (AvgIpc) is 3.38. The van der Waals surface area contributed by atoms with Gasteiger partial charge in [0.1, 0.15) is 5.58 Å². The van der Waals surface area contributed by atoms with Crippen molar-refractivity contribution in [1.82, 2.24) is 9.97 Å². The molecular formula is C36H34N2O. The van der Waals surface area contributed by atoms with Crippen LogP contribution in [0.4, 0.5) is 0 Å². The summed E-state index contributed by atoms with van der Waals surface area (Å²) in [6.45, 7) is 3.75. The molecule has 0 N–H and O–H groups in total. The number of hydrogen-bond acceptors (Lipinski definition) is 3. The molecule has 39 heavy (non-hydrogen) atoms. The van der Waals surface area contributed by atoms with Gasteiger partial charge in [-0.3, -0.25) is 4.98 Å². The fourth-order valence-electron chi connectivity index (χ4n) is 5.40. The number of aryl methyl sites for hydroxylation is 2. The first-order chi connectivity index (χ1) is 21.2. The number of nitrogens with zero attached hydrogens (tertiary/aromatic N) is 2. The molecule has 6 aromatic rings. The highest BCUT2D eigenvalue weighted by Gasteiger charge is 2.21. The topological polar surface area (TPSA) is 38.9 Å². The molecular weight excluding hydrogens is 476 g/mol. The van der Waals surface area contributed by atoms with Crippen LogP contribution in [0.2, 0.25) is 0 Å². The molecule has 0 bridgehead atoms. The van der Waals surface area contributed by atoms with E-state index in [1.807, 2.05) is 42.5 Å². The number of rotatable bonds is 5. The third-order valence-corrected chi connectivity index (χ3v) is 7.36. The van der Waals surface area contributed by atoms with Crippen LogP contribution in [-0.2, 0) is 0 Å². The summed E-state index contributed by atoms with van der Waals surface area (Å²) in [4.78, 5) is 8.96. The van der Waals surface area contributed by atoms with Crippen LogP contribution < -0.4 is 0 Å². The zero-order valence-corrected chi connectivity index (χ0v) is 22.5. The first kappa shape index (κ1) is 18.9. The SMILES string of the molecule is [2H]C([2H])([2H])c1ccc2c(n1)oc1c(-c3cc(-c4c(C(C)C)cc(-c5ccccc5)cc4C(C)C)c(C([2H])([2H])[2H])cn3)cccc12. The molecule has 0 aliphatic heterocycles. The van der Waals surface area contributed by atoms with E-state index in [1.165, 1.54) is 12.3 Å². The maximum Gasteiger partial charge on any atom is 0.227 e. The zero-order valence-electron chi connectivity index (χ0n) is 28.5. The summed E-state index contributed by atoms with van der Waals surface area (Å²) in [7, 11) is 0. The van der Waals surface area contributed by atoms with Crippen LogP contribution in [0.15, 0.2) is 89.5 Å². The molecule has 3 aromatic heterocycles. The highest BCUT2D eigenvalue weighted by Crippen LogP contribution is 2.42. The van der Waals surface area contributed by atoms with E-state index < -0.39 is 13.7 Å². The van der Waals surface area contributed by atoms with Crippen LogP contribution in [0.5, 0.6) is 0 Å². The third kappa shape index (κ3) is 4.42. The van der Waals surface area contributed by atoms with E-state index in [0.29, 0.717) is 27.8 Å². The van der Waals surface area contributed by atoms with E-state index in [2.05, 4.69) is 61.9 Å². The molecule has 0 fully saturated rings. The van der Waals surface area contributed by atoms with Gasteiger partial charge in [0.25, 0.3) is 0 Å². The minimum atomic E-state index is -2.40. The Bertz CT molecular complexity index is 2010. The van der Waals surface area contributed by atoms with Gasteiger partial charge in [-0.05, 0) is 88.7 Å². The summed E-state index contributed by atoms with van der Waals surface area (Å²) in [6.07, 6.45) is 1.46. The van der Waals surface area contributed by atoms with E-state index >= 15 is 0 Å². The number of fused-ring (bicyclic) bond motifs is 3. The minimum absolute atomic E-state index is 0.0422. The van der Waals surface area contributed by atoms with Crippen molar-refractivity contribution in [3.8, 4) is 33.5 Å². The first-order valence-corrected chi connectivity index (χ1v) is 13.3. The Labute approximate surface area is 239 Å². The predicted octanol–water partition coefficient (Wildman–Crippen LogP) is 10.2. The predicted molar refractivity (Wildman–Crippen MR) is 163 cm³/mol. The van der Waals surface area contributed by atoms with Crippen LogP contribution in [0.3, 0.4) is 0 Å². The summed E-state index contributed by atoms with van der Waals surface area (Å²) in [5.74, 6) is 0.221. The molecule has 3 heterocycles. The third-order valence-electron chi connectivity index (χ3n) is 7.36. The summed E-state index contributed by atoms with van der Waals surface area (Å²) in [6, 6.07) is 25.3. The van der Waals surface area contributed by atoms with Crippen molar-refractivity contribution < 1.29 is 12.6 Å². The van der Waals surface area contributed by atoms with E-state index in [9.17, 15) is 0 Å². The Morgan fingerprint density at radius 2 is 1.49 bits per heavy atom. The maximum atomic E-state index is 8.47. The molecule has 0 amide bonds. The molecule has 0 saturated heterocycles. The molecule has 0 unspecified atom stereocenters. The molecule has 194 valence electrons. The van der Waals surface area contributed by atoms with Gasteiger partial charge in [0, 0.05) is 36.5 Å². The molecule has 0 radical (unpaired) electrons. The lowest BCUT2D eigenvalue weighted by Gasteiger charge is -2.23. The molecule has 0 saturated carbocycles. The highest BCUT2D eigenvalue weighted by atomic mass is 16.3. The molecule has 3 aromatic carbocycles. The number of benzene rings is 3. The van der Waals surface area contributed by atoms with Crippen molar-refractivity contribution in [2.75, 3.05) is 0 Å². The quantitative estimate of drug-likeness (QED) is 0.229. The standard InChI is InChI=1S/C36H34N2O/c1-21(2)30-17-26(25-11-8-7-9-12-25)18-31(22(3)4)34(30)32-19-33(37-20-23(32)5)29-14-10-13-27-28-16-15-24(6)38-36(28)39-35(27)29/h7-22H,1-6H3/i5D3,6D3. The Morgan fingerprint density at radius 1 is 0.718 bits per heavy atom. The van der Waals surface area contributed by atoms with Crippen LogP contribution in [0.1, 0.15) is 70.1 Å². The number of furan rings is 1. The van der Waals surface area contributed by atoms with Crippen molar-refractivity contribution >= 4 is 22.1 Å². The molecule has 6 rings (SSSR count). The van der Waals surface area contributed by atoms with Crippen LogP contribution in [0.25, 0.3) is 55.6 Å². The summed E-state index contributed by atoms with van der Waals surface area (Å²) >= 11 is 0. The molecule has 3 heteroatoms. The maximum absolute atomic E-state index is 8.47. The number of pyridine rings is 2. The summed E-state index contributed by atoms with van der Waals surface area (Å²) in [5, 5.41) is 1.47. The molecule has 0 spiro atoms. The normalized spacial score (nSPS) is 14.7. The Balaban J connectivity index is 1.63. The van der Waals surface area contributed by atoms with Gasteiger partial charge in [-0.25, -0.2) is 4.98 Å². The van der Waals surface area contributed by atoms with Crippen LogP contribution in [-0.4, -0.2) is 9.97 Å². The average molecular weight is 517 g/mol. The van der Waals surface area contributed by atoms with Crippen molar-refractivity contribution in [3.05, 3.63) is 107 Å². The van der Waals surface area contributed by atoms with E-state index in [4.69, 9.17) is 12.6 Å². The van der Waals surface area contributed by atoms with E-state index in [0.717, 1.165) is 33.2 Å². The van der Waals surface area contributed by atoms with Gasteiger partial charge in [-0.1, -0.05) is 82.3 Å². The van der Waals surface area contributed by atoms with Crippen LogP contribution in [0, 0.1) is 13.7 Å². The summed E-state index contributed by atoms with van der Waals surface area (Å²) < 4.78 is 54.9. The minimum Gasteiger partial charge on any atom is -0.437 e. The molecule has 0 aliphatic rings. The largest absolute Gasteiger partial charge is 0.437 e. The zero-order chi connectivity index (χ0) is 32.3. The fraction of sp³-hybridized carbons (Fsp3) is 0.222. The van der Waals surface area contributed by atoms with E-state index in [-0.39, 0.29) is 28.8 Å². The summed E-state index contributed by atoms with van der Waals surface area (Å²) in [5.41, 5.74) is 7.94. The van der Waals surface area contributed by atoms with Gasteiger partial charge in [0.05, 0.1) is 5.69 Å². The highest BCUT2D eigenvalue weighted by molar-refractivity contribution is 6.08. The van der Waals surface area contributed by atoms with E-state index in [1.54, 1.807) is 6.07 Å². The van der Waals surface area contributed by atoms with Gasteiger partial charge >= 0.3 is 0 Å². The van der Waals surface area contributed by atoms with Crippen molar-refractivity contribution in [3.63, 3.8) is 0 Å². The van der Waals surface area contributed by atoms with Gasteiger partial charge in [0.15, 0.2) is 0 Å². The second-order valence-electron chi connectivity index (χ2n) is 10.7.